The SMILES string of the molecule is Cc1nc2cc([C@@H]3CCN(Cc4cccc(F)c4)C3)[nH]n2c(=O)c1C. The van der Waals surface area contributed by atoms with Crippen molar-refractivity contribution >= 4 is 5.65 Å². The van der Waals surface area contributed by atoms with Crippen LogP contribution < -0.4 is 5.56 Å². The van der Waals surface area contributed by atoms with Crippen LogP contribution in [0.1, 0.15) is 34.9 Å². The molecule has 1 N–H and O–H groups in total. The van der Waals surface area contributed by atoms with Crippen molar-refractivity contribution in [3.05, 3.63) is 69.0 Å². The second-order valence-electron chi connectivity index (χ2n) is 6.88. The molecule has 1 aliphatic heterocycles. The highest BCUT2D eigenvalue weighted by Gasteiger charge is 2.26. The smallest absolute Gasteiger partial charge is 0.275 e. The van der Waals surface area contributed by atoms with Gasteiger partial charge in [-0.2, -0.15) is 0 Å². The van der Waals surface area contributed by atoms with Crippen molar-refractivity contribution in [2.45, 2.75) is 32.7 Å². The van der Waals surface area contributed by atoms with E-state index in [2.05, 4.69) is 15.0 Å². The number of H-pyrrole nitrogens is 1. The largest absolute Gasteiger partial charge is 0.298 e. The van der Waals surface area contributed by atoms with E-state index in [0.717, 1.165) is 43.0 Å². The third-order valence-corrected chi connectivity index (χ3v) is 5.11. The molecule has 130 valence electrons. The average Bonchev–Trinajstić information content (AvgIpc) is 3.20. The number of likely N-dealkylation sites (tertiary alicyclic amines) is 1. The van der Waals surface area contributed by atoms with Gasteiger partial charge in [0.2, 0.25) is 0 Å². The first-order chi connectivity index (χ1) is 12.0. The highest BCUT2D eigenvalue weighted by atomic mass is 19.1. The third kappa shape index (κ3) is 2.98. The zero-order chi connectivity index (χ0) is 17.6. The van der Waals surface area contributed by atoms with Crippen LogP contribution in [0.3, 0.4) is 0 Å². The van der Waals surface area contributed by atoms with Gasteiger partial charge in [-0.15, -0.1) is 0 Å². The average molecular weight is 340 g/mol. The number of nitrogens with one attached hydrogen (secondary N) is 1. The van der Waals surface area contributed by atoms with E-state index in [4.69, 9.17) is 0 Å². The third-order valence-electron chi connectivity index (χ3n) is 5.11. The quantitative estimate of drug-likeness (QED) is 0.798. The molecule has 1 atom stereocenters. The van der Waals surface area contributed by atoms with Crippen molar-refractivity contribution in [3.63, 3.8) is 0 Å². The van der Waals surface area contributed by atoms with Gasteiger partial charge < -0.3 is 0 Å². The van der Waals surface area contributed by atoms with Crippen LogP contribution in [0.2, 0.25) is 0 Å². The molecule has 5 nitrogen and oxygen atoms in total. The van der Waals surface area contributed by atoms with Crippen LogP contribution in [0.4, 0.5) is 4.39 Å². The van der Waals surface area contributed by atoms with E-state index in [-0.39, 0.29) is 11.4 Å². The first kappa shape index (κ1) is 16.0. The Hall–Kier alpha value is -2.47. The van der Waals surface area contributed by atoms with Gasteiger partial charge in [-0.1, -0.05) is 12.1 Å². The van der Waals surface area contributed by atoms with E-state index >= 15 is 0 Å². The molecular formula is C19H21FN4O. The maximum Gasteiger partial charge on any atom is 0.275 e. The lowest BCUT2D eigenvalue weighted by molar-refractivity contribution is 0.325. The van der Waals surface area contributed by atoms with Gasteiger partial charge in [-0.3, -0.25) is 14.8 Å². The lowest BCUT2D eigenvalue weighted by Gasteiger charge is -2.15. The van der Waals surface area contributed by atoms with Crippen LogP contribution in [0, 0.1) is 19.7 Å². The lowest BCUT2D eigenvalue weighted by atomic mass is 10.1. The Kier molecular flexibility index (Phi) is 3.92. The molecular weight excluding hydrogens is 319 g/mol. The highest BCUT2D eigenvalue weighted by Crippen LogP contribution is 2.27. The first-order valence-corrected chi connectivity index (χ1v) is 8.57. The number of aromatic amines is 1. The standard InChI is InChI=1S/C19H21FN4O/c1-12-13(2)21-18-9-17(22-24(18)19(12)25)15-6-7-23(11-15)10-14-4-3-5-16(20)8-14/h3-5,8-9,15,22H,6-7,10-11H2,1-2H3/t15-/m1/s1. The Morgan fingerprint density at radius 1 is 1.32 bits per heavy atom. The number of hydrogen-bond acceptors (Lipinski definition) is 3. The number of aryl methyl sites for hydroxylation is 1. The highest BCUT2D eigenvalue weighted by molar-refractivity contribution is 5.42. The minimum atomic E-state index is -0.194. The maximum atomic E-state index is 13.3. The Morgan fingerprint density at radius 2 is 2.16 bits per heavy atom. The first-order valence-electron chi connectivity index (χ1n) is 8.57. The maximum absolute atomic E-state index is 13.3. The summed E-state index contributed by atoms with van der Waals surface area (Å²) >= 11 is 0. The molecule has 3 aromatic rings. The number of aromatic nitrogens is 3. The van der Waals surface area contributed by atoms with Crippen LogP contribution >= 0.6 is 0 Å². The molecule has 1 saturated heterocycles. The summed E-state index contributed by atoms with van der Waals surface area (Å²) in [5, 5.41) is 3.22. The number of benzene rings is 1. The fourth-order valence-corrected chi connectivity index (χ4v) is 3.57. The molecule has 0 saturated carbocycles. The van der Waals surface area contributed by atoms with Gasteiger partial charge in [0.05, 0.1) is 0 Å². The van der Waals surface area contributed by atoms with Crippen LogP contribution in [0.5, 0.6) is 0 Å². The molecule has 1 aromatic carbocycles. The van der Waals surface area contributed by atoms with Gasteiger partial charge in [-0.05, 0) is 44.5 Å². The van der Waals surface area contributed by atoms with Crippen molar-refractivity contribution in [2.24, 2.45) is 0 Å². The predicted molar refractivity (Wildman–Crippen MR) is 94.3 cm³/mol. The second-order valence-corrected chi connectivity index (χ2v) is 6.88. The summed E-state index contributed by atoms with van der Waals surface area (Å²) < 4.78 is 14.9. The summed E-state index contributed by atoms with van der Waals surface area (Å²) in [6.07, 6.45) is 1.01. The molecule has 25 heavy (non-hydrogen) atoms. The summed E-state index contributed by atoms with van der Waals surface area (Å²) in [4.78, 5) is 19.2. The fraction of sp³-hybridized carbons (Fsp3) is 0.368. The summed E-state index contributed by atoms with van der Waals surface area (Å²) in [6, 6.07) is 8.73. The topological polar surface area (TPSA) is 53.4 Å². The minimum Gasteiger partial charge on any atom is -0.298 e. The Balaban J connectivity index is 1.54. The zero-order valence-corrected chi connectivity index (χ0v) is 14.4. The summed E-state index contributed by atoms with van der Waals surface area (Å²) in [5.41, 5.74) is 4.10. The molecule has 4 rings (SSSR count). The molecule has 0 unspecified atom stereocenters. The van der Waals surface area contributed by atoms with E-state index in [9.17, 15) is 9.18 Å². The fourth-order valence-electron chi connectivity index (χ4n) is 3.57. The normalized spacial score (nSPS) is 18.3. The van der Waals surface area contributed by atoms with Crippen molar-refractivity contribution < 1.29 is 4.39 Å². The van der Waals surface area contributed by atoms with Gasteiger partial charge >= 0.3 is 0 Å². The van der Waals surface area contributed by atoms with E-state index in [1.54, 1.807) is 19.1 Å². The van der Waals surface area contributed by atoms with Gasteiger partial charge in [0.15, 0.2) is 5.65 Å². The van der Waals surface area contributed by atoms with Crippen LogP contribution in [-0.2, 0) is 6.54 Å². The van der Waals surface area contributed by atoms with Crippen molar-refractivity contribution in [3.8, 4) is 0 Å². The number of nitrogens with zero attached hydrogens (tertiary/aromatic N) is 3. The molecule has 3 heterocycles. The monoisotopic (exact) mass is 340 g/mol. The van der Waals surface area contributed by atoms with Gasteiger partial charge in [0, 0.05) is 42.0 Å². The Morgan fingerprint density at radius 3 is 2.96 bits per heavy atom. The molecule has 0 spiro atoms. The van der Waals surface area contributed by atoms with E-state index in [1.807, 2.05) is 19.1 Å². The van der Waals surface area contributed by atoms with Gasteiger partial charge in [-0.25, -0.2) is 13.9 Å². The van der Waals surface area contributed by atoms with Gasteiger partial charge in [0.1, 0.15) is 5.82 Å². The Labute approximate surface area is 145 Å². The van der Waals surface area contributed by atoms with Crippen molar-refractivity contribution in [1.29, 1.82) is 0 Å². The zero-order valence-electron chi connectivity index (χ0n) is 14.4. The van der Waals surface area contributed by atoms with Crippen molar-refractivity contribution in [2.75, 3.05) is 13.1 Å². The van der Waals surface area contributed by atoms with Crippen molar-refractivity contribution in [1.82, 2.24) is 19.5 Å². The van der Waals surface area contributed by atoms with Crippen LogP contribution in [0.25, 0.3) is 5.65 Å². The molecule has 0 radical (unpaired) electrons. The number of hydrogen-bond donors (Lipinski definition) is 1. The molecule has 6 heteroatoms. The van der Waals surface area contributed by atoms with Crippen LogP contribution in [0.15, 0.2) is 35.1 Å². The molecule has 1 aliphatic rings. The van der Waals surface area contributed by atoms with Crippen LogP contribution in [-0.4, -0.2) is 32.6 Å². The minimum absolute atomic E-state index is 0.0386. The molecule has 0 aliphatic carbocycles. The van der Waals surface area contributed by atoms with Gasteiger partial charge in [0.25, 0.3) is 5.56 Å². The molecule has 0 amide bonds. The van der Waals surface area contributed by atoms with E-state index in [0.29, 0.717) is 17.1 Å². The van der Waals surface area contributed by atoms with E-state index in [1.165, 1.54) is 10.6 Å². The molecule has 2 aromatic heterocycles. The Bertz CT molecular complexity index is 991. The number of halogens is 1. The lowest BCUT2D eigenvalue weighted by Crippen LogP contribution is -2.20. The summed E-state index contributed by atoms with van der Waals surface area (Å²) in [5.74, 6) is 0.135. The predicted octanol–water partition coefficient (Wildman–Crippen LogP) is 2.77. The molecule has 0 bridgehead atoms. The number of rotatable bonds is 3. The summed E-state index contributed by atoms with van der Waals surface area (Å²) in [6.45, 7) is 6.24. The summed E-state index contributed by atoms with van der Waals surface area (Å²) in [7, 11) is 0. The molecule has 1 fully saturated rings. The van der Waals surface area contributed by atoms with E-state index < -0.39 is 0 Å². The second kappa shape index (κ2) is 6.11. The number of fused-ring (bicyclic) bond motifs is 1.